The van der Waals surface area contributed by atoms with Gasteiger partial charge in [-0.1, -0.05) is 13.3 Å². The third-order valence-corrected chi connectivity index (χ3v) is 4.31. The van der Waals surface area contributed by atoms with Gasteiger partial charge in [0.25, 0.3) is 0 Å². The molecule has 150 valence electrons. The van der Waals surface area contributed by atoms with Crippen molar-refractivity contribution in [2.45, 2.75) is 33.1 Å². The molecule has 0 saturated carbocycles. The molecule has 1 aliphatic heterocycles. The summed E-state index contributed by atoms with van der Waals surface area (Å²) in [6, 6.07) is 6.21. The summed E-state index contributed by atoms with van der Waals surface area (Å²) < 4.78 is 9.86. The van der Waals surface area contributed by atoms with Crippen molar-refractivity contribution in [1.29, 1.82) is 0 Å². The lowest BCUT2D eigenvalue weighted by molar-refractivity contribution is -0.139. The van der Waals surface area contributed by atoms with E-state index in [0.29, 0.717) is 23.6 Å². The van der Waals surface area contributed by atoms with Gasteiger partial charge in [0.2, 0.25) is 11.8 Å². The molecule has 0 aliphatic carbocycles. The van der Waals surface area contributed by atoms with Gasteiger partial charge in [0.15, 0.2) is 0 Å². The molecule has 0 bridgehead atoms. The number of nitrogens with one attached hydrogen (secondary N) is 2. The van der Waals surface area contributed by atoms with Gasteiger partial charge in [-0.2, -0.15) is 0 Å². The van der Waals surface area contributed by atoms with Crippen molar-refractivity contribution >= 4 is 29.4 Å². The van der Waals surface area contributed by atoms with Crippen LogP contribution >= 0.6 is 0 Å². The Kier molecular flexibility index (Phi) is 7.31. The SMILES string of the molecule is CCCCOC(=O)c1ccc(NC(=O)C2CC(=O)NC(C)=C2C(=O)OC)cc1. The number of carbonyl (C=O) groups is 4. The average Bonchev–Trinajstić information content (AvgIpc) is 2.67. The van der Waals surface area contributed by atoms with Gasteiger partial charge in [0, 0.05) is 17.8 Å². The molecule has 0 radical (unpaired) electrons. The predicted octanol–water partition coefficient (Wildman–Crippen LogP) is 2.17. The Labute approximate surface area is 163 Å². The number of allylic oxidation sites excluding steroid dienone is 1. The van der Waals surface area contributed by atoms with Crippen molar-refractivity contribution in [3.8, 4) is 0 Å². The fourth-order valence-electron chi connectivity index (χ4n) is 2.82. The van der Waals surface area contributed by atoms with Crippen LogP contribution in [0.5, 0.6) is 0 Å². The second-order valence-electron chi connectivity index (χ2n) is 6.39. The second-order valence-corrected chi connectivity index (χ2v) is 6.39. The lowest BCUT2D eigenvalue weighted by atomic mass is 9.89. The summed E-state index contributed by atoms with van der Waals surface area (Å²) in [5.41, 5.74) is 1.23. The fourth-order valence-corrected chi connectivity index (χ4v) is 2.82. The Morgan fingerprint density at radius 3 is 2.46 bits per heavy atom. The molecule has 0 fully saturated rings. The van der Waals surface area contributed by atoms with E-state index < -0.39 is 23.8 Å². The maximum Gasteiger partial charge on any atom is 0.338 e. The number of esters is 2. The van der Waals surface area contributed by atoms with Crippen LogP contribution < -0.4 is 10.6 Å². The summed E-state index contributed by atoms with van der Waals surface area (Å²) >= 11 is 0. The van der Waals surface area contributed by atoms with Crippen molar-refractivity contribution in [2.24, 2.45) is 5.92 Å². The van der Waals surface area contributed by atoms with Crippen molar-refractivity contribution in [1.82, 2.24) is 5.32 Å². The van der Waals surface area contributed by atoms with Gasteiger partial charge in [-0.15, -0.1) is 0 Å². The summed E-state index contributed by atoms with van der Waals surface area (Å²) in [6.07, 6.45) is 1.57. The Morgan fingerprint density at radius 1 is 1.18 bits per heavy atom. The Hall–Kier alpha value is -3.16. The molecule has 1 aromatic carbocycles. The molecule has 2 rings (SSSR count). The van der Waals surface area contributed by atoms with Crippen LogP contribution in [0.1, 0.15) is 43.5 Å². The van der Waals surface area contributed by atoms with Gasteiger partial charge in [0.05, 0.1) is 30.8 Å². The molecule has 1 atom stereocenters. The normalized spacial score (nSPS) is 16.2. The summed E-state index contributed by atoms with van der Waals surface area (Å²) in [7, 11) is 1.21. The lowest BCUT2D eigenvalue weighted by Gasteiger charge is -2.25. The van der Waals surface area contributed by atoms with Crippen molar-refractivity contribution in [2.75, 3.05) is 19.0 Å². The first kappa shape index (κ1) is 21.1. The number of hydrogen-bond acceptors (Lipinski definition) is 6. The third kappa shape index (κ3) is 5.18. The largest absolute Gasteiger partial charge is 0.466 e. The van der Waals surface area contributed by atoms with Crippen LogP contribution in [-0.4, -0.2) is 37.5 Å². The molecule has 1 aromatic rings. The minimum absolute atomic E-state index is 0.121. The van der Waals surface area contributed by atoms with E-state index in [1.807, 2.05) is 6.92 Å². The van der Waals surface area contributed by atoms with E-state index in [-0.39, 0.29) is 17.9 Å². The van der Waals surface area contributed by atoms with Gasteiger partial charge in [-0.05, 0) is 37.6 Å². The first-order chi connectivity index (χ1) is 13.4. The number of ether oxygens (including phenoxy) is 2. The van der Waals surface area contributed by atoms with E-state index in [9.17, 15) is 19.2 Å². The number of amides is 2. The Morgan fingerprint density at radius 2 is 1.86 bits per heavy atom. The summed E-state index contributed by atoms with van der Waals surface area (Å²) in [5, 5.41) is 5.21. The fraction of sp³-hybridized carbons (Fsp3) is 0.400. The zero-order valence-electron chi connectivity index (χ0n) is 16.2. The minimum Gasteiger partial charge on any atom is -0.466 e. The number of anilines is 1. The van der Waals surface area contributed by atoms with Gasteiger partial charge in [-0.3, -0.25) is 9.59 Å². The summed E-state index contributed by atoms with van der Waals surface area (Å²) in [4.78, 5) is 48.4. The Balaban J connectivity index is 2.09. The highest BCUT2D eigenvalue weighted by Gasteiger charge is 2.36. The molecule has 1 aliphatic rings. The maximum atomic E-state index is 12.7. The highest BCUT2D eigenvalue weighted by atomic mass is 16.5. The zero-order valence-corrected chi connectivity index (χ0v) is 16.2. The monoisotopic (exact) mass is 388 g/mol. The lowest BCUT2D eigenvalue weighted by Crippen LogP contribution is -2.40. The molecule has 1 unspecified atom stereocenters. The Bertz CT molecular complexity index is 797. The highest BCUT2D eigenvalue weighted by molar-refractivity contribution is 6.06. The third-order valence-electron chi connectivity index (χ3n) is 4.31. The summed E-state index contributed by atoms with van der Waals surface area (Å²) in [6.45, 7) is 3.91. The predicted molar refractivity (Wildman–Crippen MR) is 101 cm³/mol. The van der Waals surface area contributed by atoms with Crippen LogP contribution in [0.25, 0.3) is 0 Å². The molecule has 8 heteroatoms. The number of unbranched alkanes of at least 4 members (excludes halogenated alkanes) is 1. The van der Waals surface area contributed by atoms with Crippen LogP contribution in [0, 0.1) is 5.92 Å². The van der Waals surface area contributed by atoms with Gasteiger partial charge < -0.3 is 20.1 Å². The van der Waals surface area contributed by atoms with E-state index >= 15 is 0 Å². The molecular formula is C20H24N2O6. The number of rotatable bonds is 7. The van der Waals surface area contributed by atoms with Gasteiger partial charge in [-0.25, -0.2) is 9.59 Å². The van der Waals surface area contributed by atoms with Crippen molar-refractivity contribution in [3.05, 3.63) is 41.1 Å². The molecule has 0 saturated heterocycles. The minimum atomic E-state index is -0.958. The topological polar surface area (TPSA) is 111 Å². The van der Waals surface area contributed by atoms with Crippen LogP contribution in [0.4, 0.5) is 5.69 Å². The number of methoxy groups -OCH3 is 1. The maximum absolute atomic E-state index is 12.7. The molecule has 2 N–H and O–H groups in total. The number of carbonyl (C=O) groups excluding carboxylic acids is 4. The van der Waals surface area contributed by atoms with E-state index in [1.54, 1.807) is 31.2 Å². The van der Waals surface area contributed by atoms with Gasteiger partial charge >= 0.3 is 11.9 Å². The highest BCUT2D eigenvalue weighted by Crippen LogP contribution is 2.25. The summed E-state index contributed by atoms with van der Waals surface area (Å²) in [5.74, 6) is -2.91. The van der Waals surface area contributed by atoms with Crippen molar-refractivity contribution < 1.29 is 28.7 Å². The molecule has 28 heavy (non-hydrogen) atoms. The van der Waals surface area contributed by atoms with Crippen LogP contribution in [0.2, 0.25) is 0 Å². The second kappa shape index (κ2) is 9.68. The van der Waals surface area contributed by atoms with Crippen LogP contribution in [0.15, 0.2) is 35.5 Å². The van der Waals surface area contributed by atoms with E-state index in [0.717, 1.165) is 12.8 Å². The smallest absolute Gasteiger partial charge is 0.338 e. The van der Waals surface area contributed by atoms with E-state index in [4.69, 9.17) is 9.47 Å². The molecule has 8 nitrogen and oxygen atoms in total. The van der Waals surface area contributed by atoms with Crippen LogP contribution in [-0.2, 0) is 23.9 Å². The van der Waals surface area contributed by atoms with Gasteiger partial charge in [0.1, 0.15) is 0 Å². The van der Waals surface area contributed by atoms with Crippen LogP contribution in [0.3, 0.4) is 0 Å². The van der Waals surface area contributed by atoms with E-state index in [2.05, 4.69) is 10.6 Å². The first-order valence-electron chi connectivity index (χ1n) is 9.04. The molecular weight excluding hydrogens is 364 g/mol. The average molecular weight is 388 g/mol. The number of hydrogen-bond donors (Lipinski definition) is 2. The number of benzene rings is 1. The standard InChI is InChI=1S/C20H24N2O6/c1-4-5-10-28-19(25)13-6-8-14(9-7-13)22-18(24)15-11-16(23)21-12(2)17(15)20(26)27-3/h6-9,15H,4-5,10-11H2,1-3H3,(H,21,23)(H,22,24). The first-order valence-corrected chi connectivity index (χ1v) is 9.04. The molecule has 0 aromatic heterocycles. The molecule has 1 heterocycles. The van der Waals surface area contributed by atoms with E-state index in [1.165, 1.54) is 7.11 Å². The zero-order chi connectivity index (χ0) is 20.7. The van der Waals surface area contributed by atoms with Crippen molar-refractivity contribution in [3.63, 3.8) is 0 Å². The molecule has 0 spiro atoms. The quantitative estimate of drug-likeness (QED) is 0.547. The molecule has 2 amide bonds.